The SMILES string of the molecule is COc1cc(C=Nc2ccc3[nH]c(=O)[nH]c3c2)ccc1OCc1ccc(F)cc1. The zero-order valence-corrected chi connectivity index (χ0v) is 15.6. The van der Waals surface area contributed by atoms with E-state index in [4.69, 9.17) is 9.47 Å². The minimum atomic E-state index is -0.281. The number of nitrogens with one attached hydrogen (secondary N) is 2. The van der Waals surface area contributed by atoms with Crippen molar-refractivity contribution >= 4 is 22.9 Å². The maximum atomic E-state index is 13.0. The van der Waals surface area contributed by atoms with Gasteiger partial charge in [-0.15, -0.1) is 0 Å². The number of aromatic amines is 2. The van der Waals surface area contributed by atoms with Crippen LogP contribution in [0.2, 0.25) is 0 Å². The maximum Gasteiger partial charge on any atom is 0.323 e. The fourth-order valence-electron chi connectivity index (χ4n) is 2.88. The van der Waals surface area contributed by atoms with Crippen LogP contribution in [0.15, 0.2) is 70.5 Å². The number of imidazole rings is 1. The largest absolute Gasteiger partial charge is 0.493 e. The molecule has 4 aromatic rings. The average Bonchev–Trinajstić information content (AvgIpc) is 3.11. The second-order valence-corrected chi connectivity index (χ2v) is 6.39. The molecule has 0 bridgehead atoms. The van der Waals surface area contributed by atoms with Crippen molar-refractivity contribution in [2.24, 2.45) is 4.99 Å². The van der Waals surface area contributed by atoms with Crippen LogP contribution in [0.25, 0.3) is 11.0 Å². The lowest BCUT2D eigenvalue weighted by atomic mass is 10.2. The van der Waals surface area contributed by atoms with Crippen molar-refractivity contribution in [3.8, 4) is 11.5 Å². The lowest BCUT2D eigenvalue weighted by molar-refractivity contribution is 0.284. The van der Waals surface area contributed by atoms with Crippen molar-refractivity contribution in [3.63, 3.8) is 0 Å². The number of methoxy groups -OCH3 is 1. The standard InChI is InChI=1S/C22H18FN3O3/c1-28-21-10-15(4-9-20(21)29-13-14-2-5-16(23)6-3-14)12-24-17-7-8-18-19(11-17)26-22(27)25-18/h2-12H,13H2,1H3,(H2,25,26,27). The second kappa shape index (κ2) is 8.02. The molecule has 1 heterocycles. The lowest BCUT2D eigenvalue weighted by Gasteiger charge is -2.11. The average molecular weight is 391 g/mol. The molecule has 0 fully saturated rings. The molecule has 0 saturated carbocycles. The van der Waals surface area contributed by atoms with Gasteiger partial charge >= 0.3 is 5.69 Å². The molecule has 0 aliphatic heterocycles. The minimum Gasteiger partial charge on any atom is -0.493 e. The smallest absolute Gasteiger partial charge is 0.323 e. The molecule has 0 unspecified atom stereocenters. The van der Waals surface area contributed by atoms with Gasteiger partial charge < -0.3 is 19.4 Å². The van der Waals surface area contributed by atoms with Gasteiger partial charge in [-0.05, 0) is 59.7 Å². The highest BCUT2D eigenvalue weighted by Crippen LogP contribution is 2.28. The van der Waals surface area contributed by atoms with Crippen molar-refractivity contribution in [1.29, 1.82) is 0 Å². The van der Waals surface area contributed by atoms with E-state index >= 15 is 0 Å². The third kappa shape index (κ3) is 4.35. The van der Waals surface area contributed by atoms with E-state index in [9.17, 15) is 9.18 Å². The Hall–Kier alpha value is -3.87. The summed E-state index contributed by atoms with van der Waals surface area (Å²) in [5.41, 5.74) is 3.59. The van der Waals surface area contributed by atoms with Gasteiger partial charge in [0.1, 0.15) is 12.4 Å². The van der Waals surface area contributed by atoms with Gasteiger partial charge in [-0.1, -0.05) is 12.1 Å². The monoisotopic (exact) mass is 391 g/mol. The van der Waals surface area contributed by atoms with E-state index in [0.29, 0.717) is 29.3 Å². The summed E-state index contributed by atoms with van der Waals surface area (Å²) in [5, 5.41) is 0. The number of fused-ring (bicyclic) bond motifs is 1. The summed E-state index contributed by atoms with van der Waals surface area (Å²) in [7, 11) is 1.57. The first-order valence-electron chi connectivity index (χ1n) is 8.92. The quantitative estimate of drug-likeness (QED) is 0.480. The highest BCUT2D eigenvalue weighted by Gasteiger charge is 2.06. The number of rotatable bonds is 6. The van der Waals surface area contributed by atoms with Crippen LogP contribution in [0.3, 0.4) is 0 Å². The summed E-state index contributed by atoms with van der Waals surface area (Å²) in [6.45, 7) is 0.305. The molecular weight excluding hydrogens is 373 g/mol. The van der Waals surface area contributed by atoms with E-state index in [1.54, 1.807) is 43.7 Å². The number of benzene rings is 3. The lowest BCUT2D eigenvalue weighted by Crippen LogP contribution is -1.99. The van der Waals surface area contributed by atoms with Crippen LogP contribution in [0.4, 0.5) is 10.1 Å². The van der Waals surface area contributed by atoms with E-state index in [0.717, 1.165) is 16.6 Å². The second-order valence-electron chi connectivity index (χ2n) is 6.39. The van der Waals surface area contributed by atoms with Crippen molar-refractivity contribution in [2.45, 2.75) is 6.61 Å². The molecule has 7 heteroatoms. The van der Waals surface area contributed by atoms with E-state index in [1.807, 2.05) is 18.2 Å². The summed E-state index contributed by atoms with van der Waals surface area (Å²) in [6, 6.07) is 17.0. The number of halogens is 1. The van der Waals surface area contributed by atoms with Gasteiger partial charge in [-0.3, -0.25) is 4.99 Å². The molecule has 4 rings (SSSR count). The van der Waals surface area contributed by atoms with Crippen LogP contribution < -0.4 is 15.2 Å². The first-order valence-corrected chi connectivity index (χ1v) is 8.92. The topological polar surface area (TPSA) is 79.5 Å². The Morgan fingerprint density at radius 3 is 2.55 bits per heavy atom. The molecule has 0 aliphatic rings. The Morgan fingerprint density at radius 1 is 0.966 bits per heavy atom. The number of hydrogen-bond donors (Lipinski definition) is 2. The van der Waals surface area contributed by atoms with Gasteiger partial charge in [0.05, 0.1) is 23.8 Å². The number of aromatic nitrogens is 2. The van der Waals surface area contributed by atoms with Crippen LogP contribution in [0.1, 0.15) is 11.1 Å². The van der Waals surface area contributed by atoms with E-state index < -0.39 is 0 Å². The first-order chi connectivity index (χ1) is 14.1. The van der Waals surface area contributed by atoms with Crippen LogP contribution in [-0.4, -0.2) is 23.3 Å². The van der Waals surface area contributed by atoms with Crippen molar-refractivity contribution in [2.75, 3.05) is 7.11 Å². The predicted octanol–water partition coefficient (Wildman–Crippen LogP) is 4.33. The molecule has 0 amide bonds. The Kier molecular flexibility index (Phi) is 5.11. The van der Waals surface area contributed by atoms with Crippen molar-refractivity contribution in [3.05, 3.63) is 88.1 Å². The van der Waals surface area contributed by atoms with Gasteiger partial charge in [0.25, 0.3) is 0 Å². The molecule has 3 aromatic carbocycles. The van der Waals surface area contributed by atoms with Crippen LogP contribution in [0, 0.1) is 5.82 Å². The third-order valence-corrected chi connectivity index (χ3v) is 4.36. The van der Waals surface area contributed by atoms with E-state index in [-0.39, 0.29) is 11.5 Å². The highest BCUT2D eigenvalue weighted by atomic mass is 19.1. The number of ether oxygens (including phenoxy) is 2. The molecule has 1 aromatic heterocycles. The number of H-pyrrole nitrogens is 2. The molecule has 6 nitrogen and oxygen atoms in total. The number of hydrogen-bond acceptors (Lipinski definition) is 4. The normalized spacial score (nSPS) is 11.2. The summed E-state index contributed by atoms with van der Waals surface area (Å²) in [5.74, 6) is 0.874. The Morgan fingerprint density at radius 2 is 1.76 bits per heavy atom. The van der Waals surface area contributed by atoms with Gasteiger partial charge in [0.2, 0.25) is 0 Å². The molecule has 0 atom stereocenters. The fraction of sp³-hybridized carbons (Fsp3) is 0.0909. The fourth-order valence-corrected chi connectivity index (χ4v) is 2.88. The molecule has 0 spiro atoms. The number of aliphatic imine (C=N–C) groups is 1. The summed E-state index contributed by atoms with van der Waals surface area (Å²) >= 11 is 0. The van der Waals surface area contributed by atoms with E-state index in [2.05, 4.69) is 15.0 Å². The van der Waals surface area contributed by atoms with E-state index in [1.165, 1.54) is 12.1 Å². The Labute approximate surface area is 165 Å². The van der Waals surface area contributed by atoms with Crippen molar-refractivity contribution in [1.82, 2.24) is 9.97 Å². The van der Waals surface area contributed by atoms with Crippen LogP contribution in [-0.2, 0) is 6.61 Å². The zero-order chi connectivity index (χ0) is 20.2. The zero-order valence-electron chi connectivity index (χ0n) is 15.6. The van der Waals surface area contributed by atoms with Gasteiger partial charge in [-0.2, -0.15) is 0 Å². The van der Waals surface area contributed by atoms with Gasteiger partial charge in [-0.25, -0.2) is 9.18 Å². The maximum absolute atomic E-state index is 13.0. The highest BCUT2D eigenvalue weighted by molar-refractivity contribution is 5.85. The molecular formula is C22H18FN3O3. The van der Waals surface area contributed by atoms with Gasteiger partial charge in [0.15, 0.2) is 11.5 Å². The minimum absolute atomic E-state index is 0.248. The van der Waals surface area contributed by atoms with Gasteiger partial charge in [0, 0.05) is 6.21 Å². The predicted molar refractivity (Wildman–Crippen MR) is 110 cm³/mol. The van der Waals surface area contributed by atoms with Crippen LogP contribution in [0.5, 0.6) is 11.5 Å². The third-order valence-electron chi connectivity index (χ3n) is 4.36. The number of nitrogens with zero attached hydrogens (tertiary/aromatic N) is 1. The molecule has 0 saturated heterocycles. The molecule has 0 radical (unpaired) electrons. The molecule has 146 valence electrons. The summed E-state index contributed by atoms with van der Waals surface area (Å²) < 4.78 is 24.2. The Bertz CT molecular complexity index is 1230. The molecule has 2 N–H and O–H groups in total. The van der Waals surface area contributed by atoms with Crippen molar-refractivity contribution < 1.29 is 13.9 Å². The summed E-state index contributed by atoms with van der Waals surface area (Å²) in [6.07, 6.45) is 1.71. The molecule has 0 aliphatic carbocycles. The Balaban J connectivity index is 1.49. The summed E-state index contributed by atoms with van der Waals surface area (Å²) in [4.78, 5) is 21.2. The van der Waals surface area contributed by atoms with Crippen LogP contribution >= 0.6 is 0 Å². The molecule has 29 heavy (non-hydrogen) atoms. The first kappa shape index (κ1) is 18.5.